The molecule has 0 aromatic carbocycles. The number of halogens is 1. The third kappa shape index (κ3) is 7.04. The Kier molecular flexibility index (Phi) is 8.21. The summed E-state index contributed by atoms with van der Waals surface area (Å²) >= 11 is 1.34. The minimum absolute atomic E-state index is 0. The second-order valence-corrected chi connectivity index (χ2v) is 5.19. The predicted octanol–water partition coefficient (Wildman–Crippen LogP) is 0.172. The van der Waals surface area contributed by atoms with Gasteiger partial charge in [0.2, 0.25) is 16.9 Å². The van der Waals surface area contributed by atoms with Crippen LogP contribution in [0.25, 0.3) is 0 Å². The number of anilines is 1. The van der Waals surface area contributed by atoms with Crippen LogP contribution in [0.3, 0.4) is 0 Å². The molecule has 1 heterocycles. The highest BCUT2D eigenvalue weighted by molar-refractivity contribution is 7.15. The number of hydrogen-bond acceptors (Lipinski definition) is 6. The monoisotopic (exact) mass is 307 g/mol. The summed E-state index contributed by atoms with van der Waals surface area (Å²) in [6.45, 7) is 3.92. The molecule has 0 spiro atoms. The molecule has 7 nitrogen and oxygen atoms in total. The fourth-order valence-corrected chi connectivity index (χ4v) is 2.12. The molecule has 0 fully saturated rings. The lowest BCUT2D eigenvalue weighted by Gasteiger charge is -2.02. The summed E-state index contributed by atoms with van der Waals surface area (Å²) in [5.74, 6) is -0.225. The Labute approximate surface area is 121 Å². The van der Waals surface area contributed by atoms with Gasteiger partial charge in [-0.3, -0.25) is 14.9 Å². The first-order valence-corrected chi connectivity index (χ1v) is 6.42. The Bertz CT molecular complexity index is 424. The van der Waals surface area contributed by atoms with E-state index in [0.717, 1.165) is 11.4 Å². The summed E-state index contributed by atoms with van der Waals surface area (Å²) in [5, 5.41) is 14.1. The first kappa shape index (κ1) is 17.8. The van der Waals surface area contributed by atoms with E-state index in [1.165, 1.54) is 11.3 Å². The Balaban J connectivity index is 0.00000324. The first-order valence-electron chi connectivity index (χ1n) is 5.60. The maximum Gasteiger partial charge on any atom is 0.245 e. The van der Waals surface area contributed by atoms with Gasteiger partial charge in [0.05, 0.1) is 13.1 Å². The molecule has 0 saturated heterocycles. The number of nitrogens with one attached hydrogen (secondary N) is 2. The van der Waals surface area contributed by atoms with Gasteiger partial charge in [0.15, 0.2) is 0 Å². The highest BCUT2D eigenvalue weighted by Crippen LogP contribution is 2.17. The number of aromatic nitrogens is 2. The molecular weight excluding hydrogens is 290 g/mol. The summed E-state index contributed by atoms with van der Waals surface area (Å²) in [5.41, 5.74) is 5.10. The van der Waals surface area contributed by atoms with E-state index in [-0.39, 0.29) is 37.3 Å². The van der Waals surface area contributed by atoms with Crippen molar-refractivity contribution in [3.63, 3.8) is 0 Å². The van der Waals surface area contributed by atoms with Crippen molar-refractivity contribution in [3.05, 3.63) is 5.01 Å². The summed E-state index contributed by atoms with van der Waals surface area (Å²) in [6, 6.07) is 0. The van der Waals surface area contributed by atoms with Gasteiger partial charge in [0.1, 0.15) is 5.01 Å². The molecule has 2 amide bonds. The lowest BCUT2D eigenvalue weighted by molar-refractivity contribution is -0.123. The molecule has 0 aliphatic rings. The standard InChI is InChI=1S/C10H17N5O2S.ClH/c1-6(2)3-9-14-15-10(18-9)13-8(17)5-12-7(16)4-11;/h6H,3-5,11H2,1-2H3,(H,12,16)(H,13,15,17);1H. The van der Waals surface area contributed by atoms with Crippen LogP contribution < -0.4 is 16.4 Å². The molecule has 0 aliphatic heterocycles. The van der Waals surface area contributed by atoms with E-state index < -0.39 is 0 Å². The minimum Gasteiger partial charge on any atom is -0.346 e. The zero-order chi connectivity index (χ0) is 13.5. The summed E-state index contributed by atoms with van der Waals surface area (Å²) in [4.78, 5) is 22.3. The SMILES string of the molecule is CC(C)Cc1nnc(NC(=O)CNC(=O)CN)s1.Cl. The molecule has 0 aliphatic carbocycles. The van der Waals surface area contributed by atoms with E-state index in [1.54, 1.807) is 0 Å². The summed E-state index contributed by atoms with van der Waals surface area (Å²) < 4.78 is 0. The Morgan fingerprint density at radius 1 is 1.32 bits per heavy atom. The van der Waals surface area contributed by atoms with Gasteiger partial charge in [0.25, 0.3) is 0 Å². The van der Waals surface area contributed by atoms with Gasteiger partial charge in [-0.2, -0.15) is 0 Å². The summed E-state index contributed by atoms with van der Waals surface area (Å²) in [7, 11) is 0. The van der Waals surface area contributed by atoms with E-state index in [0.29, 0.717) is 11.0 Å². The molecule has 9 heteroatoms. The van der Waals surface area contributed by atoms with Crippen molar-refractivity contribution in [2.75, 3.05) is 18.4 Å². The molecule has 1 rings (SSSR count). The van der Waals surface area contributed by atoms with Gasteiger partial charge < -0.3 is 11.1 Å². The van der Waals surface area contributed by atoms with Gasteiger partial charge in [-0.15, -0.1) is 22.6 Å². The molecule has 0 bridgehead atoms. The average Bonchev–Trinajstić information content (AvgIpc) is 2.72. The molecule has 0 saturated carbocycles. The minimum atomic E-state index is -0.372. The normalized spacial score (nSPS) is 9.89. The van der Waals surface area contributed by atoms with Crippen molar-refractivity contribution in [2.24, 2.45) is 11.7 Å². The molecule has 1 aromatic heterocycles. The molecule has 108 valence electrons. The smallest absolute Gasteiger partial charge is 0.245 e. The lowest BCUT2D eigenvalue weighted by atomic mass is 10.1. The highest BCUT2D eigenvalue weighted by Gasteiger charge is 2.09. The maximum atomic E-state index is 11.4. The fourth-order valence-electron chi connectivity index (χ4n) is 1.15. The third-order valence-electron chi connectivity index (χ3n) is 1.93. The third-order valence-corrected chi connectivity index (χ3v) is 2.79. The second kappa shape index (κ2) is 8.78. The molecule has 0 unspecified atom stereocenters. The Morgan fingerprint density at radius 2 is 2.00 bits per heavy atom. The molecule has 19 heavy (non-hydrogen) atoms. The molecule has 1 aromatic rings. The van der Waals surface area contributed by atoms with Crippen LogP contribution in [0.15, 0.2) is 0 Å². The number of nitrogens with zero attached hydrogens (tertiary/aromatic N) is 2. The van der Waals surface area contributed by atoms with Crippen LogP contribution >= 0.6 is 23.7 Å². The Morgan fingerprint density at radius 3 is 2.58 bits per heavy atom. The van der Waals surface area contributed by atoms with Crippen LogP contribution in [-0.2, 0) is 16.0 Å². The van der Waals surface area contributed by atoms with Crippen molar-refractivity contribution in [3.8, 4) is 0 Å². The van der Waals surface area contributed by atoms with Crippen LogP contribution in [0.1, 0.15) is 18.9 Å². The van der Waals surface area contributed by atoms with Gasteiger partial charge in [0, 0.05) is 6.42 Å². The second-order valence-electron chi connectivity index (χ2n) is 4.13. The fraction of sp³-hybridized carbons (Fsp3) is 0.600. The summed E-state index contributed by atoms with van der Waals surface area (Å²) in [6.07, 6.45) is 0.831. The van der Waals surface area contributed by atoms with E-state index in [1.807, 2.05) is 0 Å². The van der Waals surface area contributed by atoms with Gasteiger partial charge in [-0.1, -0.05) is 25.2 Å². The van der Waals surface area contributed by atoms with E-state index in [9.17, 15) is 9.59 Å². The van der Waals surface area contributed by atoms with E-state index in [2.05, 4.69) is 34.7 Å². The highest BCUT2D eigenvalue weighted by atomic mass is 35.5. The molecule has 0 radical (unpaired) electrons. The lowest BCUT2D eigenvalue weighted by Crippen LogP contribution is -2.36. The van der Waals surface area contributed by atoms with Crippen LogP contribution in [0.4, 0.5) is 5.13 Å². The number of carbonyl (C=O) groups is 2. The van der Waals surface area contributed by atoms with Gasteiger partial charge in [-0.05, 0) is 5.92 Å². The van der Waals surface area contributed by atoms with Crippen molar-refractivity contribution >= 4 is 40.7 Å². The molecular formula is C10H18ClN5O2S. The topological polar surface area (TPSA) is 110 Å². The number of amides is 2. The largest absolute Gasteiger partial charge is 0.346 e. The van der Waals surface area contributed by atoms with Crippen LogP contribution in [-0.4, -0.2) is 35.1 Å². The zero-order valence-corrected chi connectivity index (χ0v) is 12.4. The van der Waals surface area contributed by atoms with Crippen LogP contribution in [0, 0.1) is 5.92 Å². The van der Waals surface area contributed by atoms with Gasteiger partial charge >= 0.3 is 0 Å². The number of rotatable bonds is 6. The number of nitrogens with two attached hydrogens (primary N) is 1. The van der Waals surface area contributed by atoms with Crippen molar-refractivity contribution < 1.29 is 9.59 Å². The quantitative estimate of drug-likeness (QED) is 0.694. The average molecular weight is 308 g/mol. The van der Waals surface area contributed by atoms with Crippen molar-refractivity contribution in [1.29, 1.82) is 0 Å². The van der Waals surface area contributed by atoms with Crippen LogP contribution in [0.5, 0.6) is 0 Å². The van der Waals surface area contributed by atoms with E-state index in [4.69, 9.17) is 5.73 Å². The first-order chi connectivity index (χ1) is 8.51. The predicted molar refractivity (Wildman–Crippen MR) is 76.4 cm³/mol. The Hall–Kier alpha value is -1.25. The number of hydrogen-bond donors (Lipinski definition) is 3. The van der Waals surface area contributed by atoms with Crippen molar-refractivity contribution in [2.45, 2.75) is 20.3 Å². The van der Waals surface area contributed by atoms with E-state index >= 15 is 0 Å². The van der Waals surface area contributed by atoms with Crippen LogP contribution in [0.2, 0.25) is 0 Å². The zero-order valence-electron chi connectivity index (χ0n) is 10.8. The van der Waals surface area contributed by atoms with Crippen molar-refractivity contribution in [1.82, 2.24) is 15.5 Å². The number of carbonyl (C=O) groups excluding carboxylic acids is 2. The maximum absolute atomic E-state index is 11.4. The molecule has 4 N–H and O–H groups in total. The van der Waals surface area contributed by atoms with Gasteiger partial charge in [-0.25, -0.2) is 0 Å². The molecule has 0 atom stereocenters.